The fourth-order valence-electron chi connectivity index (χ4n) is 7.70. The van der Waals surface area contributed by atoms with Crippen molar-refractivity contribution in [3.63, 3.8) is 0 Å². The van der Waals surface area contributed by atoms with Crippen LogP contribution in [0.3, 0.4) is 0 Å². The Kier molecular flexibility index (Phi) is 9.56. The van der Waals surface area contributed by atoms with Gasteiger partial charge in [-0.3, -0.25) is 0 Å². The van der Waals surface area contributed by atoms with Crippen LogP contribution >= 0.6 is 24.8 Å². The number of rotatable bonds is 6. The fraction of sp³-hybridized carbons (Fsp3) is 0.275. The molecule has 6 rings (SSSR count). The van der Waals surface area contributed by atoms with Crippen molar-refractivity contribution in [3.8, 4) is 11.1 Å². The van der Waals surface area contributed by atoms with Crippen molar-refractivity contribution in [2.45, 2.75) is 60.8 Å². The Morgan fingerprint density at radius 3 is 1.86 bits per heavy atom. The van der Waals surface area contributed by atoms with Crippen molar-refractivity contribution in [1.29, 1.82) is 0 Å². The molecule has 0 amide bonds. The standard InChI is InChI=1S/C13H9.C12H19.2C7H7.CH2.2ClH.Zr/c1-3-7-12-10(5-1)9-11-6-2-4-8-13(11)12;1-5-6-10-7-8-11(9-10)12(2,3)4;2*1-7-5-3-2-4-6-7;;;;/h1-5,7-8H,9H2;8-10H,5-6H2,1-4H3;2*3-6H,1H3;1H2;2*1H;. The molecule has 3 heteroatoms. The first-order valence-electron chi connectivity index (χ1n) is 15.4. The summed E-state index contributed by atoms with van der Waals surface area (Å²) >= 11 is -4.80. The summed E-state index contributed by atoms with van der Waals surface area (Å²) in [6, 6.07) is 35.2. The number of halogens is 2. The molecule has 0 aliphatic heterocycles. The van der Waals surface area contributed by atoms with E-state index in [1.807, 2.05) is 0 Å². The van der Waals surface area contributed by atoms with E-state index >= 15 is 0 Å². The second kappa shape index (κ2) is 12.2. The van der Waals surface area contributed by atoms with Crippen molar-refractivity contribution in [2.75, 3.05) is 0 Å². The van der Waals surface area contributed by atoms with Crippen molar-refractivity contribution >= 4 is 38.8 Å². The first kappa shape index (κ1) is 33.6. The van der Waals surface area contributed by atoms with Gasteiger partial charge >= 0.3 is 250 Å². The molecule has 1 atom stereocenters. The number of benzene rings is 4. The summed E-state index contributed by atoms with van der Waals surface area (Å²) in [6.45, 7) is 13.8. The van der Waals surface area contributed by atoms with Gasteiger partial charge in [0.05, 0.1) is 0 Å². The van der Waals surface area contributed by atoms with Gasteiger partial charge in [-0.15, -0.1) is 24.8 Å². The fourth-order valence-corrected chi connectivity index (χ4v) is 23.9. The number of hydrogen-bond acceptors (Lipinski definition) is 0. The summed E-state index contributed by atoms with van der Waals surface area (Å²) in [6.07, 6.45) is 8.51. The predicted molar refractivity (Wildman–Crippen MR) is 192 cm³/mol. The average molecular weight is 689 g/mol. The Morgan fingerprint density at radius 2 is 1.30 bits per heavy atom. The summed E-state index contributed by atoms with van der Waals surface area (Å²) in [5.41, 5.74) is 9.86. The van der Waals surface area contributed by atoms with Crippen LogP contribution in [-0.4, -0.2) is 4.21 Å². The van der Waals surface area contributed by atoms with Crippen LogP contribution < -0.4 is 9.81 Å². The van der Waals surface area contributed by atoms with E-state index < -0.39 is 18.3 Å². The van der Waals surface area contributed by atoms with Gasteiger partial charge in [-0.2, -0.15) is 0 Å². The van der Waals surface area contributed by atoms with E-state index in [0.717, 1.165) is 19.3 Å². The van der Waals surface area contributed by atoms with E-state index in [0.29, 0.717) is 5.92 Å². The molecule has 224 valence electrons. The third-order valence-electron chi connectivity index (χ3n) is 10.0. The number of hydrogen-bond donors (Lipinski definition) is 0. The summed E-state index contributed by atoms with van der Waals surface area (Å²) < 4.78 is 11.8. The number of fused-ring (bicyclic) bond motifs is 3. The summed E-state index contributed by atoms with van der Waals surface area (Å²) in [4.78, 5) is 0. The molecular weight excluding hydrogens is 643 g/mol. The molecule has 0 N–H and O–H groups in total. The normalized spacial score (nSPS) is 15.9. The van der Waals surface area contributed by atoms with Crippen LogP contribution in [-0.2, 0) is 24.7 Å². The second-order valence-corrected chi connectivity index (χ2v) is 26.5. The molecule has 4 aromatic rings. The van der Waals surface area contributed by atoms with Crippen molar-refractivity contribution in [3.05, 3.63) is 134 Å². The molecule has 2 aliphatic carbocycles. The van der Waals surface area contributed by atoms with Gasteiger partial charge in [0.2, 0.25) is 0 Å². The topological polar surface area (TPSA) is 0 Å². The molecular formula is C40H46Cl2Zr. The van der Waals surface area contributed by atoms with Crippen LogP contribution in [0.5, 0.6) is 0 Å². The number of allylic oxidation sites excluding steroid dienone is 4. The first-order chi connectivity index (χ1) is 19.6. The Balaban J connectivity index is 0.00000212. The molecule has 0 aromatic heterocycles. The molecule has 0 nitrogen and oxygen atoms in total. The van der Waals surface area contributed by atoms with E-state index in [9.17, 15) is 0 Å². The van der Waals surface area contributed by atoms with Crippen LogP contribution in [0.2, 0.25) is 0 Å². The molecule has 0 fully saturated rings. The van der Waals surface area contributed by atoms with Crippen molar-refractivity contribution < 1.29 is 18.3 Å². The van der Waals surface area contributed by atoms with Gasteiger partial charge in [-0.05, 0) is 0 Å². The van der Waals surface area contributed by atoms with Gasteiger partial charge in [-0.25, -0.2) is 0 Å². The minimum absolute atomic E-state index is 0. The molecule has 2 aliphatic rings. The van der Waals surface area contributed by atoms with E-state index in [1.165, 1.54) is 48.8 Å². The van der Waals surface area contributed by atoms with Crippen LogP contribution in [0.4, 0.5) is 0 Å². The molecule has 0 spiro atoms. The minimum atomic E-state index is -4.80. The maximum absolute atomic E-state index is 5.75. The van der Waals surface area contributed by atoms with Gasteiger partial charge in [0, 0.05) is 0 Å². The maximum atomic E-state index is 5.75. The Hall–Kier alpha value is -2.31. The predicted octanol–water partition coefficient (Wildman–Crippen LogP) is 9.40. The van der Waals surface area contributed by atoms with Gasteiger partial charge in [-0.1, -0.05) is 0 Å². The van der Waals surface area contributed by atoms with Gasteiger partial charge in [0.25, 0.3) is 0 Å². The van der Waals surface area contributed by atoms with E-state index in [4.69, 9.17) is 4.21 Å². The Morgan fingerprint density at radius 1 is 0.744 bits per heavy atom. The Bertz CT molecular complexity index is 1710. The first-order valence-corrected chi connectivity index (χ1v) is 22.0. The quantitative estimate of drug-likeness (QED) is 0.167. The monoisotopic (exact) mass is 686 g/mol. The van der Waals surface area contributed by atoms with Crippen LogP contribution in [0.1, 0.15) is 62.8 Å². The van der Waals surface area contributed by atoms with E-state index in [-0.39, 0.29) is 30.2 Å². The van der Waals surface area contributed by atoms with Gasteiger partial charge in [0.15, 0.2) is 0 Å². The average Bonchev–Trinajstić information content (AvgIpc) is 3.56. The zero-order chi connectivity index (χ0) is 29.0. The molecule has 0 radical (unpaired) electrons. The van der Waals surface area contributed by atoms with Crippen molar-refractivity contribution in [2.24, 2.45) is 11.3 Å². The molecule has 1 unspecified atom stereocenters. The third kappa shape index (κ3) is 5.24. The van der Waals surface area contributed by atoms with Crippen LogP contribution in [0.15, 0.2) is 112 Å². The molecule has 0 bridgehead atoms. The molecule has 0 heterocycles. The summed E-state index contributed by atoms with van der Waals surface area (Å²) in [5.74, 6) is 0.389. The Labute approximate surface area is 272 Å². The molecule has 4 aromatic carbocycles. The molecule has 0 saturated carbocycles. The molecule has 43 heavy (non-hydrogen) atoms. The zero-order valence-corrected chi connectivity index (χ0v) is 30.6. The van der Waals surface area contributed by atoms with E-state index in [1.54, 1.807) is 3.28 Å². The zero-order valence-electron chi connectivity index (χ0n) is 26.5. The second-order valence-electron chi connectivity index (χ2n) is 13.7. The van der Waals surface area contributed by atoms with Gasteiger partial charge in [0.1, 0.15) is 0 Å². The molecule has 0 saturated heterocycles. The third-order valence-corrected chi connectivity index (χ3v) is 26.4. The van der Waals surface area contributed by atoms with Crippen molar-refractivity contribution in [1.82, 2.24) is 0 Å². The summed E-state index contributed by atoms with van der Waals surface area (Å²) in [5, 5.41) is 0. The van der Waals surface area contributed by atoms with Crippen LogP contribution in [0, 0.1) is 25.2 Å². The van der Waals surface area contributed by atoms with Crippen LogP contribution in [0.25, 0.3) is 11.1 Å². The SMILES string of the molecule is Cl.Cl.[CH2]=[Zr]([C]1=CC(C(C)(C)C)=CC1CCC)([c]1ccc(C)cc1)([c]1ccc(C)cc1)[c]1cccc2c1Cc1ccccc1-2. The summed E-state index contributed by atoms with van der Waals surface area (Å²) in [7, 11) is 0. The number of aryl methyl sites for hydroxylation is 2. The van der Waals surface area contributed by atoms with E-state index in [2.05, 4.69) is 145 Å². The van der Waals surface area contributed by atoms with Gasteiger partial charge < -0.3 is 0 Å².